The molecule has 1 N–H and O–H groups in total. The highest BCUT2D eigenvalue weighted by molar-refractivity contribution is 5.94. The molecule has 0 heterocycles. The molecule has 0 saturated heterocycles. The lowest BCUT2D eigenvalue weighted by atomic mass is 10.2. The Balaban J connectivity index is 2.03. The lowest BCUT2D eigenvalue weighted by Gasteiger charge is -2.11. The van der Waals surface area contributed by atoms with Crippen LogP contribution in [0.4, 0.5) is 0 Å². The van der Waals surface area contributed by atoms with Crippen molar-refractivity contribution < 1.29 is 14.3 Å². The Bertz CT molecular complexity index is 684. The summed E-state index contributed by atoms with van der Waals surface area (Å²) in [5.41, 5.74) is 3.88. The molecule has 5 nitrogen and oxygen atoms in total. The van der Waals surface area contributed by atoms with E-state index in [2.05, 4.69) is 17.5 Å². The van der Waals surface area contributed by atoms with Crippen molar-refractivity contribution in [1.29, 1.82) is 0 Å². The van der Waals surface area contributed by atoms with Gasteiger partial charge >= 0.3 is 0 Å². The van der Waals surface area contributed by atoms with Crippen LogP contribution in [0.3, 0.4) is 0 Å². The minimum absolute atomic E-state index is 0.250. The van der Waals surface area contributed by atoms with Crippen LogP contribution in [-0.4, -0.2) is 25.3 Å². The van der Waals surface area contributed by atoms with Crippen molar-refractivity contribution in [3.05, 3.63) is 59.7 Å². The Labute approximate surface area is 142 Å². The first-order valence-electron chi connectivity index (χ1n) is 8.02. The second-order valence-corrected chi connectivity index (χ2v) is 5.05. The number of carbonyl (C=O) groups is 1. The zero-order valence-corrected chi connectivity index (χ0v) is 14.0. The highest BCUT2D eigenvalue weighted by Crippen LogP contribution is 2.28. The van der Waals surface area contributed by atoms with E-state index >= 15 is 0 Å². The van der Waals surface area contributed by atoms with Crippen LogP contribution < -0.4 is 14.9 Å². The summed E-state index contributed by atoms with van der Waals surface area (Å²) in [6.07, 6.45) is 2.51. The lowest BCUT2D eigenvalue weighted by Crippen LogP contribution is -2.17. The van der Waals surface area contributed by atoms with E-state index in [1.807, 2.05) is 43.3 Å². The Morgan fingerprint density at radius 3 is 2.58 bits per heavy atom. The third kappa shape index (κ3) is 5.12. The topological polar surface area (TPSA) is 59.9 Å². The standard InChI is InChI=1S/C19H22N2O3/c1-3-12-24-17-11-10-15(13-18(17)23-4-2)14-20-21-19(22)16-8-6-5-7-9-16/h5-11,13-14H,3-4,12H2,1-2H3,(H,21,22)/b20-14+. The molecule has 1 amide bonds. The fourth-order valence-electron chi connectivity index (χ4n) is 2.02. The van der Waals surface area contributed by atoms with Gasteiger partial charge in [-0.1, -0.05) is 25.1 Å². The Morgan fingerprint density at radius 1 is 1.08 bits per heavy atom. The first-order chi connectivity index (χ1) is 11.7. The highest BCUT2D eigenvalue weighted by atomic mass is 16.5. The normalized spacial score (nSPS) is 10.6. The van der Waals surface area contributed by atoms with Crippen LogP contribution in [0, 0.1) is 0 Å². The van der Waals surface area contributed by atoms with E-state index in [0.29, 0.717) is 30.3 Å². The lowest BCUT2D eigenvalue weighted by molar-refractivity contribution is 0.0955. The van der Waals surface area contributed by atoms with E-state index < -0.39 is 0 Å². The van der Waals surface area contributed by atoms with Crippen molar-refractivity contribution in [2.45, 2.75) is 20.3 Å². The Hall–Kier alpha value is -2.82. The predicted molar refractivity (Wildman–Crippen MR) is 94.9 cm³/mol. The van der Waals surface area contributed by atoms with Crippen molar-refractivity contribution in [2.24, 2.45) is 5.10 Å². The molecule has 0 fully saturated rings. The third-order valence-corrected chi connectivity index (χ3v) is 3.14. The first kappa shape index (κ1) is 17.5. The quantitative estimate of drug-likeness (QED) is 0.595. The van der Waals surface area contributed by atoms with E-state index in [9.17, 15) is 4.79 Å². The van der Waals surface area contributed by atoms with Gasteiger partial charge in [-0.3, -0.25) is 4.79 Å². The Kier molecular flexibility index (Phi) is 6.83. The van der Waals surface area contributed by atoms with Crippen LogP contribution in [0.5, 0.6) is 11.5 Å². The average molecular weight is 326 g/mol. The van der Waals surface area contributed by atoms with Gasteiger partial charge in [0.05, 0.1) is 19.4 Å². The van der Waals surface area contributed by atoms with Crippen molar-refractivity contribution in [2.75, 3.05) is 13.2 Å². The smallest absolute Gasteiger partial charge is 0.271 e. The van der Waals surface area contributed by atoms with Gasteiger partial charge in [-0.25, -0.2) is 5.43 Å². The fourth-order valence-corrected chi connectivity index (χ4v) is 2.02. The van der Waals surface area contributed by atoms with Gasteiger partial charge in [0, 0.05) is 5.56 Å². The fraction of sp³-hybridized carbons (Fsp3) is 0.263. The van der Waals surface area contributed by atoms with Gasteiger partial charge in [-0.05, 0) is 49.2 Å². The molecule has 24 heavy (non-hydrogen) atoms. The summed E-state index contributed by atoms with van der Waals surface area (Å²) in [6, 6.07) is 14.5. The van der Waals surface area contributed by atoms with Gasteiger partial charge in [-0.2, -0.15) is 5.10 Å². The van der Waals surface area contributed by atoms with Crippen LogP contribution in [-0.2, 0) is 0 Å². The zero-order chi connectivity index (χ0) is 17.2. The van der Waals surface area contributed by atoms with Gasteiger partial charge in [0.25, 0.3) is 5.91 Å². The van der Waals surface area contributed by atoms with Gasteiger partial charge in [0.1, 0.15) is 0 Å². The molecule has 0 spiro atoms. The number of hydrazone groups is 1. The monoisotopic (exact) mass is 326 g/mol. The average Bonchev–Trinajstić information content (AvgIpc) is 2.62. The number of amides is 1. The van der Waals surface area contributed by atoms with E-state index in [1.165, 1.54) is 0 Å². The molecular weight excluding hydrogens is 304 g/mol. The molecule has 0 atom stereocenters. The summed E-state index contributed by atoms with van der Waals surface area (Å²) in [5, 5.41) is 3.99. The summed E-state index contributed by atoms with van der Waals surface area (Å²) in [4.78, 5) is 11.9. The number of nitrogens with zero attached hydrogens (tertiary/aromatic N) is 1. The molecule has 0 aliphatic heterocycles. The molecule has 0 aliphatic rings. The first-order valence-corrected chi connectivity index (χ1v) is 8.02. The summed E-state index contributed by atoms with van der Waals surface area (Å²) in [7, 11) is 0. The molecule has 0 unspecified atom stereocenters. The molecule has 0 aliphatic carbocycles. The second-order valence-electron chi connectivity index (χ2n) is 5.05. The maximum atomic E-state index is 11.9. The van der Waals surface area contributed by atoms with Crippen molar-refractivity contribution in [1.82, 2.24) is 5.43 Å². The Morgan fingerprint density at radius 2 is 1.88 bits per heavy atom. The molecule has 2 aromatic rings. The highest BCUT2D eigenvalue weighted by Gasteiger charge is 2.06. The number of hydrogen-bond donors (Lipinski definition) is 1. The molecule has 126 valence electrons. The van der Waals surface area contributed by atoms with Crippen molar-refractivity contribution in [3.63, 3.8) is 0 Å². The predicted octanol–water partition coefficient (Wildman–Crippen LogP) is 3.64. The van der Waals surface area contributed by atoms with Crippen LogP contribution >= 0.6 is 0 Å². The number of nitrogens with one attached hydrogen (secondary N) is 1. The van der Waals surface area contributed by atoms with Gasteiger partial charge < -0.3 is 9.47 Å². The number of carbonyl (C=O) groups excluding carboxylic acids is 1. The van der Waals surface area contributed by atoms with Gasteiger partial charge in [0.15, 0.2) is 11.5 Å². The zero-order valence-electron chi connectivity index (χ0n) is 14.0. The number of benzene rings is 2. The van der Waals surface area contributed by atoms with E-state index in [1.54, 1.807) is 18.3 Å². The molecule has 0 radical (unpaired) electrons. The van der Waals surface area contributed by atoms with E-state index in [4.69, 9.17) is 9.47 Å². The van der Waals surface area contributed by atoms with Gasteiger partial charge in [-0.15, -0.1) is 0 Å². The van der Waals surface area contributed by atoms with Crippen LogP contribution in [0.25, 0.3) is 0 Å². The molecule has 0 bridgehead atoms. The molecule has 2 aromatic carbocycles. The van der Waals surface area contributed by atoms with Crippen LogP contribution in [0.15, 0.2) is 53.6 Å². The summed E-state index contributed by atoms with van der Waals surface area (Å²) >= 11 is 0. The third-order valence-electron chi connectivity index (χ3n) is 3.14. The molecule has 0 aromatic heterocycles. The SMILES string of the molecule is CCCOc1ccc(/C=N/NC(=O)c2ccccc2)cc1OCC. The number of hydrogen-bond acceptors (Lipinski definition) is 4. The minimum atomic E-state index is -0.250. The maximum Gasteiger partial charge on any atom is 0.271 e. The van der Waals surface area contributed by atoms with E-state index in [0.717, 1.165) is 12.0 Å². The van der Waals surface area contributed by atoms with E-state index in [-0.39, 0.29) is 5.91 Å². The van der Waals surface area contributed by atoms with Crippen LogP contribution in [0.2, 0.25) is 0 Å². The van der Waals surface area contributed by atoms with Crippen LogP contribution in [0.1, 0.15) is 36.2 Å². The molecular formula is C19H22N2O3. The van der Waals surface area contributed by atoms with Gasteiger partial charge in [0.2, 0.25) is 0 Å². The van der Waals surface area contributed by atoms with Crippen molar-refractivity contribution in [3.8, 4) is 11.5 Å². The summed E-state index contributed by atoms with van der Waals surface area (Å²) in [6.45, 7) is 5.16. The second kappa shape index (κ2) is 9.35. The van der Waals surface area contributed by atoms with Crippen molar-refractivity contribution >= 4 is 12.1 Å². The largest absolute Gasteiger partial charge is 0.490 e. The number of ether oxygens (including phenoxy) is 2. The summed E-state index contributed by atoms with van der Waals surface area (Å²) in [5.74, 6) is 1.13. The minimum Gasteiger partial charge on any atom is -0.490 e. The summed E-state index contributed by atoms with van der Waals surface area (Å²) < 4.78 is 11.3. The molecule has 5 heteroatoms. The maximum absolute atomic E-state index is 11.9. The number of rotatable bonds is 8. The molecule has 0 saturated carbocycles. The molecule has 2 rings (SSSR count).